The maximum Gasteiger partial charge on any atom is 0.222 e. The van der Waals surface area contributed by atoms with Crippen molar-refractivity contribution in [2.45, 2.75) is 38.7 Å². The lowest BCUT2D eigenvalue weighted by Gasteiger charge is -2.17. The molecule has 1 atom stereocenters. The Balaban J connectivity index is 3.54. The predicted octanol–water partition coefficient (Wildman–Crippen LogP) is 1.78. The highest BCUT2D eigenvalue weighted by atomic mass is 79.9. The van der Waals surface area contributed by atoms with E-state index in [2.05, 4.69) is 15.9 Å². The molecule has 14 heavy (non-hydrogen) atoms. The van der Waals surface area contributed by atoms with Gasteiger partial charge in [-0.2, -0.15) is 0 Å². The van der Waals surface area contributed by atoms with Crippen LogP contribution in [0, 0.1) is 0 Å². The summed E-state index contributed by atoms with van der Waals surface area (Å²) in [6.07, 6.45) is 2.91. The first-order valence-corrected chi connectivity index (χ1v) is 6.18. The van der Waals surface area contributed by atoms with Crippen molar-refractivity contribution < 1.29 is 9.90 Å². The van der Waals surface area contributed by atoms with Gasteiger partial charge in [-0.1, -0.05) is 15.9 Å². The monoisotopic (exact) mass is 265 g/mol. The van der Waals surface area contributed by atoms with Gasteiger partial charge < -0.3 is 10.0 Å². The van der Waals surface area contributed by atoms with Crippen LogP contribution in [0.1, 0.15) is 32.6 Å². The lowest BCUT2D eigenvalue weighted by Crippen LogP contribution is -2.29. The SMILES string of the molecule is CC(O)CCN(C)C(=O)CCCCBr. The van der Waals surface area contributed by atoms with Gasteiger partial charge in [0.25, 0.3) is 0 Å². The first-order chi connectivity index (χ1) is 6.57. The number of amides is 1. The maximum absolute atomic E-state index is 11.5. The van der Waals surface area contributed by atoms with Crippen LogP contribution in [-0.4, -0.2) is 40.9 Å². The van der Waals surface area contributed by atoms with Crippen LogP contribution in [0.15, 0.2) is 0 Å². The average molecular weight is 266 g/mol. The minimum Gasteiger partial charge on any atom is -0.393 e. The van der Waals surface area contributed by atoms with E-state index in [1.807, 2.05) is 0 Å². The number of halogens is 1. The van der Waals surface area contributed by atoms with Crippen LogP contribution in [-0.2, 0) is 4.79 Å². The highest BCUT2D eigenvalue weighted by Gasteiger charge is 2.08. The maximum atomic E-state index is 11.5. The van der Waals surface area contributed by atoms with Crippen LogP contribution >= 0.6 is 15.9 Å². The zero-order chi connectivity index (χ0) is 11.0. The molecule has 0 saturated heterocycles. The van der Waals surface area contributed by atoms with Crippen molar-refractivity contribution in [3.8, 4) is 0 Å². The van der Waals surface area contributed by atoms with Gasteiger partial charge >= 0.3 is 0 Å². The summed E-state index contributed by atoms with van der Waals surface area (Å²) >= 11 is 3.33. The molecule has 84 valence electrons. The van der Waals surface area contributed by atoms with Crippen molar-refractivity contribution in [1.29, 1.82) is 0 Å². The van der Waals surface area contributed by atoms with Gasteiger partial charge in [-0.3, -0.25) is 4.79 Å². The highest BCUT2D eigenvalue weighted by Crippen LogP contribution is 2.02. The zero-order valence-electron chi connectivity index (χ0n) is 9.00. The smallest absolute Gasteiger partial charge is 0.222 e. The van der Waals surface area contributed by atoms with E-state index in [9.17, 15) is 4.79 Å². The molecule has 1 N–H and O–H groups in total. The first-order valence-electron chi connectivity index (χ1n) is 5.06. The zero-order valence-corrected chi connectivity index (χ0v) is 10.6. The molecule has 3 nitrogen and oxygen atoms in total. The molecule has 0 radical (unpaired) electrons. The first kappa shape index (κ1) is 13.9. The molecule has 4 heteroatoms. The third-order valence-corrected chi connectivity index (χ3v) is 2.64. The number of unbranched alkanes of at least 4 members (excludes halogenated alkanes) is 1. The van der Waals surface area contributed by atoms with Crippen LogP contribution in [0.5, 0.6) is 0 Å². The minimum absolute atomic E-state index is 0.173. The van der Waals surface area contributed by atoms with Crippen LogP contribution in [0.4, 0.5) is 0 Å². The van der Waals surface area contributed by atoms with Crippen molar-refractivity contribution in [2.24, 2.45) is 0 Å². The molecule has 0 spiro atoms. The third-order valence-electron chi connectivity index (χ3n) is 2.08. The Morgan fingerprint density at radius 3 is 2.64 bits per heavy atom. The van der Waals surface area contributed by atoms with Crippen LogP contribution in [0.3, 0.4) is 0 Å². The number of alkyl halides is 1. The number of hydrogen-bond acceptors (Lipinski definition) is 2. The quantitative estimate of drug-likeness (QED) is 0.563. The van der Waals surface area contributed by atoms with Gasteiger partial charge in [0.05, 0.1) is 6.10 Å². The van der Waals surface area contributed by atoms with E-state index in [1.54, 1.807) is 18.9 Å². The van der Waals surface area contributed by atoms with Crippen LogP contribution in [0.2, 0.25) is 0 Å². The van der Waals surface area contributed by atoms with E-state index in [0.717, 1.165) is 18.2 Å². The summed E-state index contributed by atoms with van der Waals surface area (Å²) in [5, 5.41) is 10.0. The Labute approximate surface area is 94.6 Å². The van der Waals surface area contributed by atoms with E-state index in [4.69, 9.17) is 5.11 Å². The minimum atomic E-state index is -0.326. The van der Waals surface area contributed by atoms with Gasteiger partial charge in [-0.15, -0.1) is 0 Å². The molecule has 0 aliphatic carbocycles. The van der Waals surface area contributed by atoms with Gasteiger partial charge in [0.15, 0.2) is 0 Å². The number of rotatable bonds is 7. The Kier molecular flexibility index (Phi) is 8.18. The normalized spacial score (nSPS) is 12.6. The van der Waals surface area contributed by atoms with Gasteiger partial charge in [0, 0.05) is 25.3 Å². The van der Waals surface area contributed by atoms with Gasteiger partial charge in [0.2, 0.25) is 5.91 Å². The van der Waals surface area contributed by atoms with Crippen molar-refractivity contribution in [2.75, 3.05) is 18.9 Å². The molecular weight excluding hydrogens is 246 g/mol. The van der Waals surface area contributed by atoms with Crippen molar-refractivity contribution in [3.05, 3.63) is 0 Å². The lowest BCUT2D eigenvalue weighted by molar-refractivity contribution is -0.130. The van der Waals surface area contributed by atoms with Gasteiger partial charge in [-0.05, 0) is 26.2 Å². The Bertz CT molecular complexity index is 162. The largest absolute Gasteiger partial charge is 0.393 e. The van der Waals surface area contributed by atoms with Crippen molar-refractivity contribution in [1.82, 2.24) is 4.90 Å². The van der Waals surface area contributed by atoms with E-state index < -0.39 is 0 Å². The van der Waals surface area contributed by atoms with E-state index in [0.29, 0.717) is 19.4 Å². The second-order valence-electron chi connectivity index (χ2n) is 3.60. The number of hydrogen-bond donors (Lipinski definition) is 1. The molecule has 0 aromatic heterocycles. The standard InChI is InChI=1S/C10H20BrNO2/c1-9(13)6-8-12(2)10(14)5-3-4-7-11/h9,13H,3-8H2,1-2H3. The number of aliphatic hydroxyl groups excluding tert-OH is 1. The average Bonchev–Trinajstić information content (AvgIpc) is 2.14. The van der Waals surface area contributed by atoms with Gasteiger partial charge in [-0.25, -0.2) is 0 Å². The summed E-state index contributed by atoms with van der Waals surface area (Å²) in [4.78, 5) is 13.2. The van der Waals surface area contributed by atoms with Crippen LogP contribution < -0.4 is 0 Å². The molecule has 0 saturated carbocycles. The Morgan fingerprint density at radius 1 is 1.50 bits per heavy atom. The molecule has 0 bridgehead atoms. The van der Waals surface area contributed by atoms with E-state index in [1.165, 1.54) is 0 Å². The fraction of sp³-hybridized carbons (Fsp3) is 0.900. The summed E-state index contributed by atoms with van der Waals surface area (Å²) in [6, 6.07) is 0. The summed E-state index contributed by atoms with van der Waals surface area (Å²) in [5.74, 6) is 0.173. The molecule has 0 aromatic carbocycles. The molecular formula is C10H20BrNO2. The summed E-state index contributed by atoms with van der Waals surface area (Å²) < 4.78 is 0. The summed E-state index contributed by atoms with van der Waals surface area (Å²) in [6.45, 7) is 2.38. The molecule has 0 rings (SSSR count). The van der Waals surface area contributed by atoms with E-state index >= 15 is 0 Å². The molecule has 1 amide bonds. The highest BCUT2D eigenvalue weighted by molar-refractivity contribution is 9.09. The molecule has 0 fully saturated rings. The Hall–Kier alpha value is -0.0900. The van der Waals surface area contributed by atoms with Crippen molar-refractivity contribution in [3.63, 3.8) is 0 Å². The number of aliphatic hydroxyl groups is 1. The Morgan fingerprint density at radius 2 is 2.14 bits per heavy atom. The molecule has 0 aliphatic heterocycles. The number of carbonyl (C=O) groups is 1. The fourth-order valence-electron chi connectivity index (χ4n) is 1.07. The van der Waals surface area contributed by atoms with Gasteiger partial charge in [0.1, 0.15) is 0 Å². The second-order valence-corrected chi connectivity index (χ2v) is 4.39. The molecule has 0 heterocycles. The molecule has 0 aromatic rings. The lowest BCUT2D eigenvalue weighted by atomic mass is 10.2. The third kappa shape index (κ3) is 7.33. The topological polar surface area (TPSA) is 40.5 Å². The van der Waals surface area contributed by atoms with Crippen molar-refractivity contribution >= 4 is 21.8 Å². The second kappa shape index (κ2) is 8.24. The fourth-order valence-corrected chi connectivity index (χ4v) is 1.46. The van der Waals surface area contributed by atoms with Crippen LogP contribution in [0.25, 0.3) is 0 Å². The summed E-state index contributed by atoms with van der Waals surface area (Å²) in [5.41, 5.74) is 0. The number of nitrogens with zero attached hydrogens (tertiary/aromatic N) is 1. The number of carbonyl (C=O) groups excluding carboxylic acids is 1. The van der Waals surface area contributed by atoms with E-state index in [-0.39, 0.29) is 12.0 Å². The molecule has 1 unspecified atom stereocenters. The predicted molar refractivity (Wildman–Crippen MR) is 61.6 cm³/mol. The molecule has 0 aliphatic rings. The summed E-state index contributed by atoms with van der Waals surface area (Å²) in [7, 11) is 1.79.